The molecule has 0 rings (SSSR count). The van der Waals surface area contributed by atoms with Crippen molar-refractivity contribution in [3.05, 3.63) is 60.8 Å². The van der Waals surface area contributed by atoms with Crippen LogP contribution in [-0.2, 0) is 14.3 Å². The highest BCUT2D eigenvalue weighted by Crippen LogP contribution is 2.14. The lowest BCUT2D eigenvalue weighted by molar-refractivity contribution is -0.154. The number of carbonyl (C=O) groups is 1. The Hall–Kier alpha value is -1.91. The number of aliphatic hydroxyl groups excluding tert-OH is 1. The Morgan fingerprint density at radius 1 is 0.510 bits per heavy atom. The molecule has 0 saturated carbocycles. The van der Waals surface area contributed by atoms with Crippen LogP contribution in [0.3, 0.4) is 0 Å². The SMILES string of the molecule is CC/C=C\C/C=C\C/C=C\C/C=C\CCCCCCCCCCCCCCC(=O)OC(CO)COCCCCCCCC/C=C\CCCC. The lowest BCUT2D eigenvalue weighted by atomic mass is 10.0. The van der Waals surface area contributed by atoms with Crippen molar-refractivity contribution in [1.82, 2.24) is 0 Å². The van der Waals surface area contributed by atoms with Crippen LogP contribution >= 0.6 is 0 Å². The lowest BCUT2D eigenvalue weighted by Crippen LogP contribution is -2.27. The zero-order valence-electron chi connectivity index (χ0n) is 32.4. The number of ether oxygens (including phenoxy) is 2. The van der Waals surface area contributed by atoms with Crippen molar-refractivity contribution in [1.29, 1.82) is 0 Å². The molecule has 0 aromatic carbocycles. The second kappa shape index (κ2) is 42.3. The van der Waals surface area contributed by atoms with Crippen LogP contribution in [0.15, 0.2) is 60.8 Å². The molecule has 4 heteroatoms. The van der Waals surface area contributed by atoms with Crippen LogP contribution in [0.25, 0.3) is 0 Å². The largest absolute Gasteiger partial charge is 0.457 e. The van der Waals surface area contributed by atoms with Crippen LogP contribution in [0.5, 0.6) is 0 Å². The maximum Gasteiger partial charge on any atom is 0.306 e. The maximum atomic E-state index is 12.2. The molecule has 0 aromatic rings. The van der Waals surface area contributed by atoms with Crippen LogP contribution < -0.4 is 0 Å². The van der Waals surface area contributed by atoms with Gasteiger partial charge in [-0.2, -0.15) is 0 Å². The number of hydrogen-bond acceptors (Lipinski definition) is 4. The Morgan fingerprint density at radius 2 is 0.918 bits per heavy atom. The number of hydrogen-bond donors (Lipinski definition) is 1. The van der Waals surface area contributed by atoms with Gasteiger partial charge in [-0.3, -0.25) is 4.79 Å². The fourth-order valence-corrected chi connectivity index (χ4v) is 5.71. The van der Waals surface area contributed by atoms with E-state index < -0.39 is 6.10 Å². The van der Waals surface area contributed by atoms with Gasteiger partial charge in [0, 0.05) is 13.0 Å². The number of carbonyl (C=O) groups excluding carboxylic acids is 1. The van der Waals surface area contributed by atoms with E-state index in [4.69, 9.17) is 9.47 Å². The Balaban J connectivity index is 3.43. The van der Waals surface area contributed by atoms with Crippen molar-refractivity contribution in [2.45, 2.75) is 200 Å². The normalized spacial score (nSPS) is 13.0. The van der Waals surface area contributed by atoms with E-state index in [1.165, 1.54) is 128 Å². The first-order valence-electron chi connectivity index (χ1n) is 20.9. The summed E-state index contributed by atoms with van der Waals surface area (Å²) in [7, 11) is 0. The van der Waals surface area contributed by atoms with Crippen LogP contribution in [0.2, 0.25) is 0 Å². The van der Waals surface area contributed by atoms with Crippen molar-refractivity contribution in [2.24, 2.45) is 0 Å². The van der Waals surface area contributed by atoms with Gasteiger partial charge in [0.2, 0.25) is 0 Å². The number of aliphatic hydroxyl groups is 1. The predicted octanol–water partition coefficient (Wildman–Crippen LogP) is 13.7. The molecule has 49 heavy (non-hydrogen) atoms. The topological polar surface area (TPSA) is 55.8 Å². The van der Waals surface area contributed by atoms with Crippen molar-refractivity contribution >= 4 is 5.97 Å². The first-order chi connectivity index (χ1) is 24.2. The molecule has 0 saturated heterocycles. The minimum Gasteiger partial charge on any atom is -0.457 e. The Bertz CT molecular complexity index is 809. The summed E-state index contributed by atoms with van der Waals surface area (Å²) in [5.41, 5.74) is 0. The van der Waals surface area contributed by atoms with Gasteiger partial charge in [-0.15, -0.1) is 0 Å². The number of rotatable bonds is 38. The van der Waals surface area contributed by atoms with Gasteiger partial charge in [0.1, 0.15) is 6.10 Å². The Labute approximate surface area is 305 Å². The molecule has 0 aliphatic rings. The van der Waals surface area contributed by atoms with Crippen LogP contribution in [0.1, 0.15) is 194 Å². The molecule has 0 aromatic heterocycles. The summed E-state index contributed by atoms with van der Waals surface area (Å²) >= 11 is 0. The van der Waals surface area contributed by atoms with E-state index in [1.54, 1.807) is 0 Å². The molecule has 0 radical (unpaired) electrons. The maximum absolute atomic E-state index is 12.2. The van der Waals surface area contributed by atoms with E-state index in [0.29, 0.717) is 19.6 Å². The fraction of sp³-hybridized carbons (Fsp3) is 0.756. The molecular formula is C45H80O4. The summed E-state index contributed by atoms with van der Waals surface area (Å²) in [4.78, 5) is 12.2. The van der Waals surface area contributed by atoms with Gasteiger partial charge in [0.15, 0.2) is 0 Å². The quantitative estimate of drug-likeness (QED) is 0.0399. The van der Waals surface area contributed by atoms with Gasteiger partial charge in [-0.1, -0.05) is 177 Å². The standard InChI is InChI=1S/C45H80O4/c1-3-5-7-9-11-13-15-17-18-19-20-21-22-23-24-25-26-27-28-29-30-32-34-36-38-40-45(47)49-44(42-46)43-48-41-39-37-35-33-31-16-14-12-10-8-6-4-2/h5,7,10-13,17-18,20-21,44,46H,3-4,6,8-9,14-16,19,22-43H2,1-2H3/b7-5-,12-10-,13-11-,18-17-,21-20-. The first-order valence-corrected chi connectivity index (χ1v) is 20.9. The van der Waals surface area contributed by atoms with E-state index in [-0.39, 0.29) is 12.6 Å². The highest BCUT2D eigenvalue weighted by Gasteiger charge is 2.13. The predicted molar refractivity (Wildman–Crippen MR) is 214 cm³/mol. The zero-order chi connectivity index (χ0) is 35.6. The summed E-state index contributed by atoms with van der Waals surface area (Å²) in [6, 6.07) is 0. The summed E-state index contributed by atoms with van der Waals surface area (Å²) in [5.74, 6) is -0.207. The number of allylic oxidation sites excluding steroid dienone is 10. The van der Waals surface area contributed by atoms with Gasteiger partial charge >= 0.3 is 5.97 Å². The molecule has 1 atom stereocenters. The molecular weight excluding hydrogens is 604 g/mol. The minimum absolute atomic E-state index is 0.176. The van der Waals surface area contributed by atoms with E-state index in [2.05, 4.69) is 74.6 Å². The van der Waals surface area contributed by atoms with Gasteiger partial charge in [0.25, 0.3) is 0 Å². The smallest absolute Gasteiger partial charge is 0.306 e. The summed E-state index contributed by atoms with van der Waals surface area (Å²) in [5, 5.41) is 9.58. The summed E-state index contributed by atoms with van der Waals surface area (Å²) < 4.78 is 11.1. The highest BCUT2D eigenvalue weighted by atomic mass is 16.6. The molecule has 4 nitrogen and oxygen atoms in total. The highest BCUT2D eigenvalue weighted by molar-refractivity contribution is 5.69. The van der Waals surface area contributed by atoms with Gasteiger partial charge in [-0.05, 0) is 70.6 Å². The molecule has 284 valence electrons. The molecule has 0 heterocycles. The van der Waals surface area contributed by atoms with E-state index in [9.17, 15) is 9.90 Å². The average molecular weight is 685 g/mol. The molecule has 0 aliphatic carbocycles. The first kappa shape index (κ1) is 47.1. The molecule has 0 fully saturated rings. The third-order valence-electron chi connectivity index (χ3n) is 8.83. The third kappa shape index (κ3) is 40.4. The molecule has 1 unspecified atom stereocenters. The molecule has 1 N–H and O–H groups in total. The summed E-state index contributed by atoms with van der Waals surface area (Å²) in [6.45, 7) is 5.19. The number of unbranched alkanes of at least 4 members (excludes halogenated alkanes) is 20. The van der Waals surface area contributed by atoms with Crippen LogP contribution in [0, 0.1) is 0 Å². The third-order valence-corrected chi connectivity index (χ3v) is 8.83. The van der Waals surface area contributed by atoms with Crippen molar-refractivity contribution < 1.29 is 19.4 Å². The van der Waals surface area contributed by atoms with E-state index in [0.717, 1.165) is 44.9 Å². The molecule has 0 spiro atoms. The Kier molecular flexibility index (Phi) is 40.6. The Morgan fingerprint density at radius 3 is 1.41 bits per heavy atom. The molecule has 0 amide bonds. The van der Waals surface area contributed by atoms with Crippen molar-refractivity contribution in [3.63, 3.8) is 0 Å². The molecule has 0 bridgehead atoms. The van der Waals surface area contributed by atoms with Crippen LogP contribution in [-0.4, -0.2) is 37.0 Å². The van der Waals surface area contributed by atoms with E-state index >= 15 is 0 Å². The second-order valence-corrected chi connectivity index (χ2v) is 13.7. The van der Waals surface area contributed by atoms with Gasteiger partial charge in [0.05, 0.1) is 13.2 Å². The lowest BCUT2D eigenvalue weighted by Gasteiger charge is -2.15. The van der Waals surface area contributed by atoms with Crippen molar-refractivity contribution in [2.75, 3.05) is 19.8 Å². The minimum atomic E-state index is -0.539. The summed E-state index contributed by atoms with van der Waals surface area (Å²) in [6.07, 6.45) is 55.6. The second-order valence-electron chi connectivity index (χ2n) is 13.7. The monoisotopic (exact) mass is 685 g/mol. The van der Waals surface area contributed by atoms with Crippen LogP contribution in [0.4, 0.5) is 0 Å². The zero-order valence-corrected chi connectivity index (χ0v) is 32.4. The van der Waals surface area contributed by atoms with E-state index in [1.807, 2.05) is 0 Å². The average Bonchev–Trinajstić information content (AvgIpc) is 3.11. The van der Waals surface area contributed by atoms with Gasteiger partial charge in [-0.25, -0.2) is 0 Å². The number of esters is 1. The van der Waals surface area contributed by atoms with Crippen molar-refractivity contribution in [3.8, 4) is 0 Å². The van der Waals surface area contributed by atoms with Gasteiger partial charge < -0.3 is 14.6 Å². The fourth-order valence-electron chi connectivity index (χ4n) is 5.71. The molecule has 0 aliphatic heterocycles.